The molecule has 1 heterocycles. The van der Waals surface area contributed by atoms with E-state index in [4.69, 9.17) is 4.74 Å². The van der Waals surface area contributed by atoms with Crippen LogP contribution in [0.4, 0.5) is 11.4 Å². The topological polar surface area (TPSA) is 128 Å². The van der Waals surface area contributed by atoms with Crippen molar-refractivity contribution in [3.05, 3.63) is 79.9 Å². The van der Waals surface area contributed by atoms with Gasteiger partial charge in [-0.1, -0.05) is 18.2 Å². The molecule has 1 atom stereocenters. The molecular formula is C16H12N4O6. The Morgan fingerprint density at radius 2 is 1.69 bits per heavy atom. The van der Waals surface area contributed by atoms with E-state index in [1.807, 2.05) is 0 Å². The van der Waals surface area contributed by atoms with Crippen molar-refractivity contribution >= 4 is 23.2 Å². The molecule has 0 fully saturated rings. The number of nitrogens with zero attached hydrogens (tertiary/aromatic N) is 4. The summed E-state index contributed by atoms with van der Waals surface area (Å²) in [6.45, 7) is 1.27. The first kappa shape index (κ1) is 17.0. The number of non-ortho nitro benzene ring substituents is 2. The molecule has 1 amide bonds. The van der Waals surface area contributed by atoms with Crippen molar-refractivity contribution in [1.29, 1.82) is 0 Å². The van der Waals surface area contributed by atoms with Crippen LogP contribution in [-0.4, -0.2) is 26.7 Å². The number of hydrazone groups is 1. The van der Waals surface area contributed by atoms with Crippen LogP contribution in [0.15, 0.2) is 53.6 Å². The summed E-state index contributed by atoms with van der Waals surface area (Å²) < 4.78 is 5.69. The molecule has 0 radical (unpaired) electrons. The minimum Gasteiger partial charge on any atom is -0.446 e. The van der Waals surface area contributed by atoms with Gasteiger partial charge in [-0.05, 0) is 6.07 Å². The van der Waals surface area contributed by atoms with Gasteiger partial charge in [-0.15, -0.1) is 5.10 Å². The number of rotatable bonds is 4. The molecule has 0 bridgehead atoms. The lowest BCUT2D eigenvalue weighted by molar-refractivity contribution is -0.385. The maximum atomic E-state index is 11.9. The summed E-state index contributed by atoms with van der Waals surface area (Å²) in [5.74, 6) is -0.428. The number of nitro groups is 2. The van der Waals surface area contributed by atoms with E-state index < -0.39 is 22.0 Å². The van der Waals surface area contributed by atoms with Gasteiger partial charge in [0.05, 0.1) is 9.85 Å². The second-order valence-corrected chi connectivity index (χ2v) is 5.40. The fraction of sp³-hybridized carbons (Fsp3) is 0.125. The van der Waals surface area contributed by atoms with Gasteiger partial charge in [-0.3, -0.25) is 25.0 Å². The van der Waals surface area contributed by atoms with Gasteiger partial charge >= 0.3 is 0 Å². The second kappa shape index (κ2) is 6.59. The third-order valence-corrected chi connectivity index (χ3v) is 3.64. The van der Waals surface area contributed by atoms with Crippen LogP contribution >= 0.6 is 0 Å². The summed E-state index contributed by atoms with van der Waals surface area (Å²) in [6.07, 6.45) is -0.998. The highest BCUT2D eigenvalue weighted by Gasteiger charge is 2.34. The highest BCUT2D eigenvalue weighted by molar-refractivity contribution is 5.96. The van der Waals surface area contributed by atoms with Gasteiger partial charge < -0.3 is 4.74 Å². The normalized spacial score (nSPS) is 16.0. The Hall–Kier alpha value is -3.82. The fourth-order valence-corrected chi connectivity index (χ4v) is 2.44. The average Bonchev–Trinajstić information content (AvgIpc) is 3.07. The third kappa shape index (κ3) is 3.20. The third-order valence-electron chi connectivity index (χ3n) is 3.64. The number of carbonyl (C=O) groups is 1. The highest BCUT2D eigenvalue weighted by Crippen LogP contribution is 2.32. The SMILES string of the molecule is CC(=O)N1N=C(c2cccc([N+](=O)[O-])c2)O[C@H]1c1cccc([N+](=O)[O-])c1. The molecule has 3 rings (SSSR count). The molecule has 132 valence electrons. The Morgan fingerprint density at radius 1 is 1.08 bits per heavy atom. The molecule has 1 aliphatic rings. The first-order valence-corrected chi connectivity index (χ1v) is 7.41. The van der Waals surface area contributed by atoms with E-state index in [-0.39, 0.29) is 17.3 Å². The molecule has 0 aliphatic carbocycles. The van der Waals surface area contributed by atoms with Crippen LogP contribution in [0.3, 0.4) is 0 Å². The number of ether oxygens (including phenoxy) is 1. The number of benzene rings is 2. The number of amides is 1. The van der Waals surface area contributed by atoms with Gasteiger partial charge in [0.25, 0.3) is 11.4 Å². The molecule has 0 saturated carbocycles. The molecule has 2 aromatic carbocycles. The van der Waals surface area contributed by atoms with Crippen LogP contribution in [-0.2, 0) is 9.53 Å². The second-order valence-electron chi connectivity index (χ2n) is 5.40. The average molecular weight is 356 g/mol. The number of hydrogen-bond donors (Lipinski definition) is 0. The molecule has 0 spiro atoms. The highest BCUT2D eigenvalue weighted by atomic mass is 16.6. The smallest absolute Gasteiger partial charge is 0.270 e. The van der Waals surface area contributed by atoms with Gasteiger partial charge in [0.15, 0.2) is 0 Å². The molecule has 26 heavy (non-hydrogen) atoms. The zero-order chi connectivity index (χ0) is 18.8. The molecule has 0 saturated heterocycles. The van der Waals surface area contributed by atoms with Gasteiger partial charge in [-0.2, -0.15) is 5.01 Å². The molecule has 10 heteroatoms. The van der Waals surface area contributed by atoms with Crippen molar-refractivity contribution in [3.8, 4) is 0 Å². The van der Waals surface area contributed by atoms with E-state index in [0.717, 1.165) is 5.01 Å². The summed E-state index contributed by atoms with van der Waals surface area (Å²) in [5, 5.41) is 27.0. The Morgan fingerprint density at radius 3 is 2.31 bits per heavy atom. The van der Waals surface area contributed by atoms with Crippen molar-refractivity contribution in [2.75, 3.05) is 0 Å². The summed E-state index contributed by atoms with van der Waals surface area (Å²) >= 11 is 0. The minimum absolute atomic E-state index is 0.0143. The zero-order valence-electron chi connectivity index (χ0n) is 13.4. The first-order chi connectivity index (χ1) is 12.4. The molecule has 0 N–H and O–H groups in total. The van der Waals surface area contributed by atoms with Crippen molar-refractivity contribution in [1.82, 2.24) is 5.01 Å². The van der Waals surface area contributed by atoms with Gasteiger partial charge in [-0.25, -0.2) is 0 Å². The number of hydrogen-bond acceptors (Lipinski definition) is 7. The van der Waals surface area contributed by atoms with Crippen LogP contribution in [0.25, 0.3) is 0 Å². The molecule has 1 aliphatic heterocycles. The lowest BCUT2D eigenvalue weighted by Gasteiger charge is -2.19. The monoisotopic (exact) mass is 356 g/mol. The zero-order valence-corrected chi connectivity index (χ0v) is 13.4. The van der Waals surface area contributed by atoms with Crippen molar-refractivity contribution in [2.24, 2.45) is 5.10 Å². The number of carbonyl (C=O) groups excluding carboxylic acids is 1. The summed E-state index contributed by atoms with van der Waals surface area (Å²) in [5.41, 5.74) is 0.373. The lowest BCUT2D eigenvalue weighted by Crippen LogP contribution is -2.25. The van der Waals surface area contributed by atoms with E-state index >= 15 is 0 Å². The van der Waals surface area contributed by atoms with Gasteiger partial charge in [0.2, 0.25) is 18.0 Å². The lowest BCUT2D eigenvalue weighted by atomic mass is 10.1. The van der Waals surface area contributed by atoms with E-state index in [0.29, 0.717) is 11.1 Å². The van der Waals surface area contributed by atoms with Gasteiger partial charge in [0.1, 0.15) is 0 Å². The van der Waals surface area contributed by atoms with E-state index in [1.54, 1.807) is 12.1 Å². The minimum atomic E-state index is -0.998. The Bertz CT molecular complexity index is 942. The standard InChI is InChI=1S/C16H12N4O6/c1-10(21)18-16(12-5-3-7-14(9-12)20(24)25)26-15(17-18)11-4-2-6-13(8-11)19(22)23/h2-9,16H,1H3/t16-/m0/s1. The molecular weight excluding hydrogens is 344 g/mol. The maximum Gasteiger partial charge on any atom is 0.270 e. The van der Waals surface area contributed by atoms with Crippen LogP contribution in [0.1, 0.15) is 24.3 Å². The fourth-order valence-electron chi connectivity index (χ4n) is 2.44. The number of nitro benzene ring substituents is 2. The molecule has 0 unspecified atom stereocenters. The molecule has 2 aromatic rings. The van der Waals surface area contributed by atoms with E-state index in [2.05, 4.69) is 5.10 Å². The first-order valence-electron chi connectivity index (χ1n) is 7.41. The largest absolute Gasteiger partial charge is 0.446 e. The maximum absolute atomic E-state index is 11.9. The van der Waals surface area contributed by atoms with Crippen LogP contribution in [0, 0.1) is 20.2 Å². The van der Waals surface area contributed by atoms with E-state index in [1.165, 1.54) is 43.3 Å². The van der Waals surface area contributed by atoms with E-state index in [9.17, 15) is 25.0 Å². The van der Waals surface area contributed by atoms with Crippen LogP contribution in [0.2, 0.25) is 0 Å². The van der Waals surface area contributed by atoms with Gasteiger partial charge in [0, 0.05) is 42.3 Å². The van der Waals surface area contributed by atoms with Crippen LogP contribution < -0.4 is 0 Å². The van der Waals surface area contributed by atoms with Crippen LogP contribution in [0.5, 0.6) is 0 Å². The quantitative estimate of drug-likeness (QED) is 0.612. The summed E-state index contributed by atoms with van der Waals surface area (Å²) in [6, 6.07) is 11.3. The predicted octanol–water partition coefficient (Wildman–Crippen LogP) is 2.74. The molecule has 0 aromatic heterocycles. The van der Waals surface area contributed by atoms with Crippen molar-refractivity contribution in [3.63, 3.8) is 0 Å². The Labute approximate surface area is 146 Å². The van der Waals surface area contributed by atoms with Crippen molar-refractivity contribution in [2.45, 2.75) is 13.2 Å². The Balaban J connectivity index is 1.97. The molecule has 10 nitrogen and oxygen atoms in total. The predicted molar refractivity (Wildman–Crippen MR) is 89.1 cm³/mol. The summed E-state index contributed by atoms with van der Waals surface area (Å²) in [7, 11) is 0. The Kier molecular flexibility index (Phi) is 4.31. The van der Waals surface area contributed by atoms with Crippen molar-refractivity contribution < 1.29 is 19.4 Å². The summed E-state index contributed by atoms with van der Waals surface area (Å²) in [4.78, 5) is 32.7.